The summed E-state index contributed by atoms with van der Waals surface area (Å²) >= 11 is 0. The van der Waals surface area contributed by atoms with Gasteiger partial charge in [-0.1, -0.05) is 19.1 Å². The summed E-state index contributed by atoms with van der Waals surface area (Å²) in [6.45, 7) is 9.90. The van der Waals surface area contributed by atoms with Crippen LogP contribution in [0.1, 0.15) is 37.2 Å². The number of aromatic nitrogens is 2. The number of ether oxygens (including phenoxy) is 1. The molecule has 6 nitrogen and oxygen atoms in total. The number of nitrogens with zero attached hydrogens (tertiary/aromatic N) is 3. The summed E-state index contributed by atoms with van der Waals surface area (Å²) in [4.78, 5) is 4.66. The van der Waals surface area contributed by atoms with Gasteiger partial charge in [-0.05, 0) is 39.3 Å². The highest BCUT2D eigenvalue weighted by Crippen LogP contribution is 2.18. The quantitative estimate of drug-likeness (QED) is 0.550. The highest BCUT2D eigenvalue weighted by Gasteiger charge is 2.13. The monoisotopic (exact) mass is 375 g/mol. The molecule has 0 aliphatic heterocycles. The number of aliphatic imine (C=N–C) groups is 1. The SMILES string of the molecule is CCNC(=NCc1c(C)nn(C)c1C)NCC(CC)Oc1ccccc1F. The second-order valence-corrected chi connectivity index (χ2v) is 6.43. The molecule has 1 aromatic carbocycles. The van der Waals surface area contributed by atoms with Crippen LogP contribution >= 0.6 is 0 Å². The van der Waals surface area contributed by atoms with E-state index in [1.165, 1.54) is 6.07 Å². The van der Waals surface area contributed by atoms with E-state index in [4.69, 9.17) is 4.74 Å². The van der Waals surface area contributed by atoms with Crippen molar-refractivity contribution >= 4 is 5.96 Å². The fourth-order valence-corrected chi connectivity index (χ4v) is 2.75. The Morgan fingerprint density at radius 3 is 2.59 bits per heavy atom. The van der Waals surface area contributed by atoms with Gasteiger partial charge in [-0.2, -0.15) is 5.10 Å². The van der Waals surface area contributed by atoms with Gasteiger partial charge in [0.25, 0.3) is 0 Å². The van der Waals surface area contributed by atoms with Crippen LogP contribution in [0.3, 0.4) is 0 Å². The summed E-state index contributed by atoms with van der Waals surface area (Å²) < 4.78 is 21.5. The van der Waals surface area contributed by atoms with Gasteiger partial charge >= 0.3 is 0 Å². The molecule has 0 radical (unpaired) electrons. The molecule has 0 fully saturated rings. The highest BCUT2D eigenvalue weighted by molar-refractivity contribution is 5.79. The lowest BCUT2D eigenvalue weighted by molar-refractivity contribution is 0.191. The minimum atomic E-state index is -0.348. The molecule has 1 unspecified atom stereocenters. The van der Waals surface area contributed by atoms with Crippen LogP contribution < -0.4 is 15.4 Å². The van der Waals surface area contributed by atoms with Crippen molar-refractivity contribution in [1.29, 1.82) is 0 Å². The number of hydrogen-bond acceptors (Lipinski definition) is 3. The Morgan fingerprint density at radius 1 is 1.26 bits per heavy atom. The van der Waals surface area contributed by atoms with Gasteiger partial charge < -0.3 is 15.4 Å². The lowest BCUT2D eigenvalue weighted by Gasteiger charge is -2.20. The fraction of sp³-hybridized carbons (Fsp3) is 0.500. The summed E-state index contributed by atoms with van der Waals surface area (Å²) in [6.07, 6.45) is 0.592. The molecule has 148 valence electrons. The van der Waals surface area contributed by atoms with E-state index in [1.807, 2.05) is 39.4 Å². The van der Waals surface area contributed by atoms with Gasteiger partial charge in [-0.3, -0.25) is 4.68 Å². The van der Waals surface area contributed by atoms with Crippen LogP contribution in [0.4, 0.5) is 4.39 Å². The van der Waals surface area contributed by atoms with Gasteiger partial charge in [0.2, 0.25) is 0 Å². The van der Waals surface area contributed by atoms with Crippen LogP contribution in [0.5, 0.6) is 5.75 Å². The molecule has 7 heteroatoms. The van der Waals surface area contributed by atoms with E-state index in [-0.39, 0.29) is 17.7 Å². The van der Waals surface area contributed by atoms with Crippen molar-refractivity contribution in [3.8, 4) is 5.75 Å². The number of benzene rings is 1. The molecule has 0 aliphatic rings. The molecule has 0 saturated carbocycles. The molecule has 1 aromatic heterocycles. The summed E-state index contributed by atoms with van der Waals surface area (Å²) in [5.74, 6) is 0.629. The summed E-state index contributed by atoms with van der Waals surface area (Å²) in [5, 5.41) is 11.0. The van der Waals surface area contributed by atoms with Crippen LogP contribution in [-0.2, 0) is 13.6 Å². The Kier molecular flexibility index (Phi) is 7.64. The normalized spacial score (nSPS) is 12.7. The molecule has 0 aliphatic carbocycles. The predicted molar refractivity (Wildman–Crippen MR) is 107 cm³/mol. The molecule has 27 heavy (non-hydrogen) atoms. The smallest absolute Gasteiger partial charge is 0.191 e. The van der Waals surface area contributed by atoms with Crippen LogP contribution in [-0.4, -0.2) is 34.9 Å². The third-order valence-electron chi connectivity index (χ3n) is 4.48. The topological polar surface area (TPSA) is 63.5 Å². The molecule has 1 atom stereocenters. The molecule has 1 heterocycles. The molecular formula is C20H30FN5O. The molecule has 0 saturated heterocycles. The zero-order valence-electron chi connectivity index (χ0n) is 16.8. The molecule has 2 N–H and O–H groups in total. The number of guanidine groups is 1. The van der Waals surface area contributed by atoms with E-state index in [0.29, 0.717) is 19.0 Å². The van der Waals surface area contributed by atoms with Gasteiger partial charge in [-0.25, -0.2) is 9.38 Å². The largest absolute Gasteiger partial charge is 0.486 e. The lowest BCUT2D eigenvalue weighted by Crippen LogP contribution is -2.42. The summed E-state index contributed by atoms with van der Waals surface area (Å²) in [7, 11) is 1.94. The summed E-state index contributed by atoms with van der Waals surface area (Å²) in [5.41, 5.74) is 3.23. The van der Waals surface area contributed by atoms with Crippen molar-refractivity contribution in [2.24, 2.45) is 12.0 Å². The van der Waals surface area contributed by atoms with Gasteiger partial charge in [0.15, 0.2) is 17.5 Å². The average molecular weight is 375 g/mol. The van der Waals surface area contributed by atoms with Crippen LogP contribution in [0.2, 0.25) is 0 Å². The first-order chi connectivity index (χ1) is 13.0. The highest BCUT2D eigenvalue weighted by atomic mass is 19.1. The lowest BCUT2D eigenvalue weighted by atomic mass is 10.2. The minimum Gasteiger partial charge on any atom is -0.486 e. The fourth-order valence-electron chi connectivity index (χ4n) is 2.75. The standard InChI is InChI=1S/C20H30FN5O/c1-6-16(27-19-11-9-8-10-18(19)21)12-23-20(22-7-2)24-13-17-14(3)25-26(5)15(17)4/h8-11,16H,6-7,12-13H2,1-5H3,(H2,22,23,24). The molecular weight excluding hydrogens is 345 g/mol. The van der Waals surface area contributed by atoms with Crippen LogP contribution in [0.25, 0.3) is 0 Å². The Morgan fingerprint density at radius 2 is 2.00 bits per heavy atom. The number of halogens is 1. The summed E-state index contributed by atoms with van der Waals surface area (Å²) in [6, 6.07) is 6.47. The van der Waals surface area contributed by atoms with E-state index in [9.17, 15) is 4.39 Å². The maximum atomic E-state index is 13.8. The first-order valence-electron chi connectivity index (χ1n) is 9.38. The maximum absolute atomic E-state index is 13.8. The van der Waals surface area contributed by atoms with E-state index in [2.05, 4.69) is 20.7 Å². The van der Waals surface area contributed by atoms with Crippen molar-refractivity contribution in [1.82, 2.24) is 20.4 Å². The first kappa shape index (κ1) is 20.7. The first-order valence-corrected chi connectivity index (χ1v) is 9.38. The molecule has 2 aromatic rings. The average Bonchev–Trinajstić information content (AvgIpc) is 2.89. The maximum Gasteiger partial charge on any atom is 0.191 e. The van der Waals surface area contributed by atoms with Crippen molar-refractivity contribution in [2.75, 3.05) is 13.1 Å². The zero-order chi connectivity index (χ0) is 19.8. The number of hydrogen-bond donors (Lipinski definition) is 2. The van der Waals surface area contributed by atoms with Crippen molar-refractivity contribution in [3.63, 3.8) is 0 Å². The zero-order valence-corrected chi connectivity index (χ0v) is 16.8. The number of para-hydroxylation sites is 1. The Balaban J connectivity index is 2.00. The number of rotatable bonds is 8. The molecule has 0 amide bonds. The minimum absolute atomic E-state index is 0.160. The van der Waals surface area contributed by atoms with Gasteiger partial charge in [-0.15, -0.1) is 0 Å². The van der Waals surface area contributed by atoms with E-state index < -0.39 is 0 Å². The third kappa shape index (κ3) is 5.70. The van der Waals surface area contributed by atoms with Gasteiger partial charge in [0.05, 0.1) is 18.8 Å². The van der Waals surface area contributed by atoms with E-state index >= 15 is 0 Å². The Labute approximate surface area is 160 Å². The van der Waals surface area contributed by atoms with Gasteiger partial charge in [0.1, 0.15) is 6.10 Å². The third-order valence-corrected chi connectivity index (χ3v) is 4.48. The van der Waals surface area contributed by atoms with E-state index in [1.54, 1.807) is 18.2 Å². The number of aryl methyl sites for hydroxylation is 2. The van der Waals surface area contributed by atoms with Gasteiger partial charge in [0, 0.05) is 24.8 Å². The van der Waals surface area contributed by atoms with Crippen molar-refractivity contribution in [3.05, 3.63) is 47.0 Å². The van der Waals surface area contributed by atoms with Crippen LogP contribution in [0.15, 0.2) is 29.3 Å². The van der Waals surface area contributed by atoms with Crippen LogP contribution in [0, 0.1) is 19.7 Å². The Hall–Kier alpha value is -2.57. The molecule has 2 rings (SSSR count). The second-order valence-electron chi connectivity index (χ2n) is 6.43. The Bertz CT molecular complexity index is 772. The predicted octanol–water partition coefficient (Wildman–Crippen LogP) is 3.09. The van der Waals surface area contributed by atoms with Crippen molar-refractivity contribution < 1.29 is 9.13 Å². The van der Waals surface area contributed by atoms with Crippen molar-refractivity contribution in [2.45, 2.75) is 46.8 Å². The molecule has 0 bridgehead atoms. The second kappa shape index (κ2) is 9.94. The number of nitrogens with one attached hydrogen (secondary N) is 2. The molecule has 0 spiro atoms. The van der Waals surface area contributed by atoms with E-state index in [0.717, 1.165) is 29.9 Å².